The number of hydrogen-bond donors (Lipinski definition) is 1. The zero-order valence-corrected chi connectivity index (χ0v) is 12.6. The highest BCUT2D eigenvalue weighted by Crippen LogP contribution is 2.30. The van der Waals surface area contributed by atoms with Crippen molar-refractivity contribution in [1.82, 2.24) is 0 Å². The fourth-order valence-corrected chi connectivity index (χ4v) is 3.23. The molecule has 0 saturated heterocycles. The highest BCUT2D eigenvalue weighted by atomic mass is 79.9. The van der Waals surface area contributed by atoms with E-state index in [9.17, 15) is 5.11 Å². The lowest BCUT2D eigenvalue weighted by Gasteiger charge is -2.16. The molecule has 0 aliphatic heterocycles. The quantitative estimate of drug-likeness (QED) is 0.874. The summed E-state index contributed by atoms with van der Waals surface area (Å²) in [4.78, 5) is 0. The van der Waals surface area contributed by atoms with Gasteiger partial charge in [-0.2, -0.15) is 0 Å². The molecule has 19 heavy (non-hydrogen) atoms. The van der Waals surface area contributed by atoms with Crippen LogP contribution in [0.5, 0.6) is 0 Å². The smallest absolute Gasteiger partial charge is 0.104 e. The molecule has 0 aromatic heterocycles. The first-order chi connectivity index (χ1) is 9.15. The maximum atomic E-state index is 10.6. The Morgan fingerprint density at radius 1 is 1.05 bits per heavy atom. The van der Waals surface area contributed by atoms with Gasteiger partial charge in [0.05, 0.1) is 0 Å². The molecule has 0 heterocycles. The summed E-state index contributed by atoms with van der Waals surface area (Å²) in [6.45, 7) is 2.04. The molecule has 0 amide bonds. The Morgan fingerprint density at radius 2 is 1.84 bits per heavy atom. The molecule has 1 aliphatic rings. The van der Waals surface area contributed by atoms with E-state index in [4.69, 9.17) is 0 Å². The van der Waals surface area contributed by atoms with Gasteiger partial charge in [0.15, 0.2) is 0 Å². The predicted octanol–water partition coefficient (Wildman–Crippen LogP) is 4.33. The Kier molecular flexibility index (Phi) is 3.46. The molecule has 0 radical (unpaired) electrons. The van der Waals surface area contributed by atoms with Crippen molar-refractivity contribution >= 4 is 15.9 Å². The lowest BCUT2D eigenvalue weighted by Crippen LogP contribution is -2.03. The van der Waals surface area contributed by atoms with Crippen LogP contribution in [0.25, 0.3) is 0 Å². The summed E-state index contributed by atoms with van der Waals surface area (Å²) in [7, 11) is 0. The molecule has 0 saturated carbocycles. The third-order valence-electron chi connectivity index (χ3n) is 3.97. The van der Waals surface area contributed by atoms with Crippen molar-refractivity contribution in [3.8, 4) is 0 Å². The van der Waals surface area contributed by atoms with Crippen LogP contribution >= 0.6 is 15.9 Å². The van der Waals surface area contributed by atoms with Gasteiger partial charge in [-0.05, 0) is 66.1 Å². The fourth-order valence-electron chi connectivity index (χ4n) is 2.85. The topological polar surface area (TPSA) is 20.2 Å². The monoisotopic (exact) mass is 316 g/mol. The van der Waals surface area contributed by atoms with Gasteiger partial charge in [-0.1, -0.05) is 40.2 Å². The van der Waals surface area contributed by atoms with Gasteiger partial charge < -0.3 is 5.11 Å². The number of benzene rings is 2. The third-order valence-corrected chi connectivity index (χ3v) is 4.47. The minimum atomic E-state index is -0.539. The Hall–Kier alpha value is -1.12. The van der Waals surface area contributed by atoms with Crippen molar-refractivity contribution in [3.05, 3.63) is 68.7 Å². The first kappa shape index (κ1) is 12.9. The van der Waals surface area contributed by atoms with E-state index >= 15 is 0 Å². The molecule has 2 heteroatoms. The average Bonchev–Trinajstić information content (AvgIpc) is 2.88. The predicted molar refractivity (Wildman–Crippen MR) is 81.4 cm³/mol. The lowest BCUT2D eigenvalue weighted by molar-refractivity contribution is 0.219. The van der Waals surface area contributed by atoms with E-state index in [2.05, 4.69) is 34.1 Å². The first-order valence-corrected chi connectivity index (χ1v) is 7.50. The molecule has 0 spiro atoms. The van der Waals surface area contributed by atoms with Gasteiger partial charge in [-0.15, -0.1) is 0 Å². The SMILES string of the molecule is Cc1ccc(Br)cc1C(O)c1ccc2c(c1)CCC2. The molecule has 3 rings (SSSR count). The number of aliphatic hydroxyl groups excluding tert-OH is 1. The molecule has 1 nitrogen and oxygen atoms in total. The summed E-state index contributed by atoms with van der Waals surface area (Å²) in [6, 6.07) is 12.5. The first-order valence-electron chi connectivity index (χ1n) is 6.71. The second-order valence-corrected chi connectivity index (χ2v) is 6.20. The van der Waals surface area contributed by atoms with Crippen molar-refractivity contribution in [3.63, 3.8) is 0 Å². The molecule has 1 atom stereocenters. The van der Waals surface area contributed by atoms with Crippen molar-refractivity contribution in [1.29, 1.82) is 0 Å². The molecular weight excluding hydrogens is 300 g/mol. The summed E-state index contributed by atoms with van der Waals surface area (Å²) >= 11 is 3.48. The van der Waals surface area contributed by atoms with Crippen molar-refractivity contribution < 1.29 is 5.11 Å². The number of rotatable bonds is 2. The lowest BCUT2D eigenvalue weighted by atomic mass is 9.95. The van der Waals surface area contributed by atoms with Crippen LogP contribution in [-0.2, 0) is 12.8 Å². The average molecular weight is 317 g/mol. The van der Waals surface area contributed by atoms with Crippen LogP contribution in [0.3, 0.4) is 0 Å². The van der Waals surface area contributed by atoms with Crippen LogP contribution in [0.15, 0.2) is 40.9 Å². The van der Waals surface area contributed by atoms with Crippen molar-refractivity contribution in [2.24, 2.45) is 0 Å². The Morgan fingerprint density at radius 3 is 2.68 bits per heavy atom. The normalized spacial score (nSPS) is 15.3. The van der Waals surface area contributed by atoms with Crippen molar-refractivity contribution in [2.75, 3.05) is 0 Å². The molecule has 98 valence electrons. The molecule has 1 aliphatic carbocycles. The van der Waals surface area contributed by atoms with E-state index in [0.29, 0.717) is 0 Å². The molecule has 1 N–H and O–H groups in total. The number of hydrogen-bond acceptors (Lipinski definition) is 1. The Labute approximate surface area is 122 Å². The summed E-state index contributed by atoms with van der Waals surface area (Å²) in [6.07, 6.45) is 3.03. The summed E-state index contributed by atoms with van der Waals surface area (Å²) in [5.74, 6) is 0. The second-order valence-electron chi connectivity index (χ2n) is 5.29. The van der Waals surface area contributed by atoms with E-state index in [1.807, 2.05) is 25.1 Å². The van der Waals surface area contributed by atoms with E-state index in [1.54, 1.807) is 0 Å². The van der Waals surface area contributed by atoms with Crippen LogP contribution in [0.4, 0.5) is 0 Å². The van der Waals surface area contributed by atoms with Crippen LogP contribution in [0.2, 0.25) is 0 Å². The molecule has 1 unspecified atom stereocenters. The van der Waals surface area contributed by atoms with Crippen LogP contribution in [0, 0.1) is 6.92 Å². The van der Waals surface area contributed by atoms with Gasteiger partial charge in [-0.3, -0.25) is 0 Å². The molecule has 2 aromatic carbocycles. The zero-order valence-electron chi connectivity index (χ0n) is 11.0. The molecule has 0 fully saturated rings. The number of aliphatic hydroxyl groups is 1. The number of aryl methyl sites for hydroxylation is 3. The number of halogens is 1. The summed E-state index contributed by atoms with van der Waals surface area (Å²) in [5.41, 5.74) is 5.96. The van der Waals surface area contributed by atoms with Crippen LogP contribution in [0.1, 0.15) is 40.3 Å². The maximum absolute atomic E-state index is 10.6. The molecule has 2 aromatic rings. The van der Waals surface area contributed by atoms with Crippen LogP contribution in [-0.4, -0.2) is 5.11 Å². The minimum absolute atomic E-state index is 0.539. The number of fused-ring (bicyclic) bond motifs is 1. The Bertz CT molecular complexity index is 619. The summed E-state index contributed by atoms with van der Waals surface area (Å²) < 4.78 is 1.01. The maximum Gasteiger partial charge on any atom is 0.104 e. The minimum Gasteiger partial charge on any atom is -0.384 e. The third kappa shape index (κ3) is 2.47. The van der Waals surface area contributed by atoms with Gasteiger partial charge in [0.2, 0.25) is 0 Å². The van der Waals surface area contributed by atoms with E-state index < -0.39 is 6.10 Å². The molecular formula is C17H17BrO. The van der Waals surface area contributed by atoms with Gasteiger partial charge in [0.1, 0.15) is 6.10 Å². The van der Waals surface area contributed by atoms with Gasteiger partial charge >= 0.3 is 0 Å². The van der Waals surface area contributed by atoms with Crippen LogP contribution < -0.4 is 0 Å². The zero-order chi connectivity index (χ0) is 13.4. The standard InChI is InChI=1S/C17H17BrO/c1-11-5-8-15(18)10-16(11)17(19)14-7-6-12-3-2-4-13(12)9-14/h5-10,17,19H,2-4H2,1H3. The molecule has 0 bridgehead atoms. The second kappa shape index (κ2) is 5.10. The van der Waals surface area contributed by atoms with E-state index in [-0.39, 0.29) is 0 Å². The Balaban J connectivity index is 1.99. The highest BCUT2D eigenvalue weighted by molar-refractivity contribution is 9.10. The van der Waals surface area contributed by atoms with Gasteiger partial charge in [0, 0.05) is 4.47 Å². The summed E-state index contributed by atoms with van der Waals surface area (Å²) in [5, 5.41) is 10.6. The van der Waals surface area contributed by atoms with E-state index in [1.165, 1.54) is 24.0 Å². The highest BCUT2D eigenvalue weighted by Gasteiger charge is 2.17. The van der Waals surface area contributed by atoms with E-state index in [0.717, 1.165) is 27.6 Å². The van der Waals surface area contributed by atoms with Gasteiger partial charge in [-0.25, -0.2) is 0 Å². The van der Waals surface area contributed by atoms with Crippen molar-refractivity contribution in [2.45, 2.75) is 32.3 Å². The fraction of sp³-hybridized carbons (Fsp3) is 0.294. The largest absolute Gasteiger partial charge is 0.384 e. The van der Waals surface area contributed by atoms with Gasteiger partial charge in [0.25, 0.3) is 0 Å².